The van der Waals surface area contributed by atoms with Crippen molar-refractivity contribution in [3.05, 3.63) is 18.0 Å². The molecule has 4 heteroatoms. The van der Waals surface area contributed by atoms with Crippen LogP contribution in [-0.4, -0.2) is 33.6 Å². The normalized spacial score (nSPS) is 12.0. The van der Waals surface area contributed by atoms with Gasteiger partial charge in [-0.25, -0.2) is 0 Å². The zero-order valence-electron chi connectivity index (χ0n) is 9.82. The van der Waals surface area contributed by atoms with Crippen molar-refractivity contribution < 1.29 is 5.11 Å². The largest absolute Gasteiger partial charge is 0.390 e. The summed E-state index contributed by atoms with van der Waals surface area (Å²) in [5.74, 6) is 0. The SMILES string of the molecule is Cn1nccc1CCNCCC(C)(C)O. The Kier molecular flexibility index (Phi) is 4.29. The van der Waals surface area contributed by atoms with Gasteiger partial charge in [0.1, 0.15) is 0 Å². The summed E-state index contributed by atoms with van der Waals surface area (Å²) in [5, 5.41) is 16.9. The molecule has 0 saturated heterocycles. The van der Waals surface area contributed by atoms with Gasteiger partial charge >= 0.3 is 0 Å². The first-order valence-electron chi connectivity index (χ1n) is 5.39. The number of aliphatic hydroxyl groups is 1. The van der Waals surface area contributed by atoms with E-state index in [1.54, 1.807) is 0 Å². The van der Waals surface area contributed by atoms with Crippen LogP contribution in [0.4, 0.5) is 0 Å². The van der Waals surface area contributed by atoms with E-state index in [-0.39, 0.29) is 0 Å². The van der Waals surface area contributed by atoms with Crippen LogP contribution in [0.2, 0.25) is 0 Å². The Morgan fingerprint density at radius 3 is 2.73 bits per heavy atom. The van der Waals surface area contributed by atoms with Gasteiger partial charge in [0.05, 0.1) is 5.60 Å². The fourth-order valence-corrected chi connectivity index (χ4v) is 1.38. The Morgan fingerprint density at radius 2 is 2.20 bits per heavy atom. The summed E-state index contributed by atoms with van der Waals surface area (Å²) >= 11 is 0. The summed E-state index contributed by atoms with van der Waals surface area (Å²) in [7, 11) is 1.95. The van der Waals surface area contributed by atoms with Gasteiger partial charge in [0, 0.05) is 31.9 Å². The minimum absolute atomic E-state index is 0.570. The molecule has 15 heavy (non-hydrogen) atoms. The van der Waals surface area contributed by atoms with Gasteiger partial charge in [-0.15, -0.1) is 0 Å². The molecule has 0 aromatic carbocycles. The van der Waals surface area contributed by atoms with Gasteiger partial charge in [-0.1, -0.05) is 0 Å². The van der Waals surface area contributed by atoms with Gasteiger partial charge in [0.15, 0.2) is 0 Å². The highest BCUT2D eigenvalue weighted by molar-refractivity contribution is 5.00. The summed E-state index contributed by atoms with van der Waals surface area (Å²) in [6.07, 6.45) is 3.56. The van der Waals surface area contributed by atoms with Crippen molar-refractivity contribution in [2.75, 3.05) is 13.1 Å². The van der Waals surface area contributed by atoms with E-state index in [4.69, 9.17) is 0 Å². The molecule has 0 bridgehead atoms. The average molecular weight is 211 g/mol. The third-order valence-electron chi connectivity index (χ3n) is 2.39. The summed E-state index contributed by atoms with van der Waals surface area (Å²) < 4.78 is 1.89. The maximum Gasteiger partial charge on any atom is 0.0603 e. The van der Waals surface area contributed by atoms with E-state index in [0.29, 0.717) is 0 Å². The molecule has 0 aliphatic rings. The Bertz CT molecular complexity index is 288. The summed E-state index contributed by atoms with van der Waals surface area (Å²) in [5.41, 5.74) is 0.658. The molecule has 2 N–H and O–H groups in total. The van der Waals surface area contributed by atoms with Crippen LogP contribution in [0.25, 0.3) is 0 Å². The molecule has 0 fully saturated rings. The Morgan fingerprint density at radius 1 is 1.47 bits per heavy atom. The molecule has 0 unspecified atom stereocenters. The second-order valence-corrected chi connectivity index (χ2v) is 4.51. The van der Waals surface area contributed by atoms with Crippen LogP contribution >= 0.6 is 0 Å². The highest BCUT2D eigenvalue weighted by Crippen LogP contribution is 2.05. The van der Waals surface area contributed by atoms with Crippen LogP contribution in [0.15, 0.2) is 12.3 Å². The molecule has 0 amide bonds. The first kappa shape index (κ1) is 12.2. The molecule has 0 saturated carbocycles. The highest BCUT2D eigenvalue weighted by Gasteiger charge is 2.10. The van der Waals surface area contributed by atoms with Crippen LogP contribution < -0.4 is 5.32 Å². The molecule has 1 aromatic heterocycles. The molecule has 1 aromatic rings. The van der Waals surface area contributed by atoms with Crippen molar-refractivity contribution in [3.8, 4) is 0 Å². The second kappa shape index (κ2) is 5.28. The van der Waals surface area contributed by atoms with Crippen LogP contribution in [-0.2, 0) is 13.5 Å². The fourth-order valence-electron chi connectivity index (χ4n) is 1.38. The van der Waals surface area contributed by atoms with Gasteiger partial charge in [-0.05, 0) is 32.9 Å². The molecule has 1 rings (SSSR count). The minimum atomic E-state index is -0.570. The van der Waals surface area contributed by atoms with Gasteiger partial charge in [0.2, 0.25) is 0 Å². The summed E-state index contributed by atoms with van der Waals surface area (Å²) in [6.45, 7) is 5.43. The van der Waals surface area contributed by atoms with Crippen molar-refractivity contribution in [2.45, 2.75) is 32.3 Å². The molecule has 0 aliphatic heterocycles. The molecule has 86 valence electrons. The maximum absolute atomic E-state index is 9.49. The summed E-state index contributed by atoms with van der Waals surface area (Å²) in [4.78, 5) is 0. The number of aromatic nitrogens is 2. The number of aryl methyl sites for hydroxylation is 1. The third-order valence-corrected chi connectivity index (χ3v) is 2.39. The monoisotopic (exact) mass is 211 g/mol. The smallest absolute Gasteiger partial charge is 0.0603 e. The zero-order chi connectivity index (χ0) is 11.3. The van der Waals surface area contributed by atoms with Crippen molar-refractivity contribution in [2.24, 2.45) is 7.05 Å². The predicted octanol–water partition coefficient (Wildman–Crippen LogP) is 0.713. The van der Waals surface area contributed by atoms with Crippen LogP contribution in [0, 0.1) is 0 Å². The number of hydrogen-bond donors (Lipinski definition) is 2. The maximum atomic E-state index is 9.49. The van der Waals surface area contributed by atoms with Crippen LogP contribution in [0.5, 0.6) is 0 Å². The first-order valence-corrected chi connectivity index (χ1v) is 5.39. The Labute approximate surface area is 91.3 Å². The molecule has 0 spiro atoms. The quantitative estimate of drug-likeness (QED) is 0.681. The van der Waals surface area contributed by atoms with Gasteiger partial charge in [0.25, 0.3) is 0 Å². The van der Waals surface area contributed by atoms with E-state index in [0.717, 1.165) is 25.9 Å². The Hall–Kier alpha value is -0.870. The lowest BCUT2D eigenvalue weighted by atomic mass is 10.1. The molecule has 1 heterocycles. The average Bonchev–Trinajstić information content (AvgIpc) is 2.49. The van der Waals surface area contributed by atoms with Gasteiger partial charge in [-0.2, -0.15) is 5.10 Å². The van der Waals surface area contributed by atoms with Crippen molar-refractivity contribution in [1.82, 2.24) is 15.1 Å². The molecule has 0 radical (unpaired) electrons. The summed E-state index contributed by atoms with van der Waals surface area (Å²) in [6, 6.07) is 2.03. The van der Waals surface area contributed by atoms with Crippen molar-refractivity contribution in [1.29, 1.82) is 0 Å². The number of rotatable bonds is 6. The van der Waals surface area contributed by atoms with E-state index in [9.17, 15) is 5.11 Å². The number of nitrogens with zero attached hydrogens (tertiary/aromatic N) is 2. The molecular formula is C11H21N3O. The standard InChI is InChI=1S/C11H21N3O/c1-11(2,15)6-9-12-7-4-10-5-8-13-14(10)3/h5,8,12,15H,4,6-7,9H2,1-3H3. The first-order chi connectivity index (χ1) is 6.99. The molecule has 0 atom stereocenters. The zero-order valence-corrected chi connectivity index (χ0v) is 9.82. The third kappa shape index (κ3) is 4.95. The molecule has 0 aliphatic carbocycles. The molecular weight excluding hydrogens is 190 g/mol. The van der Waals surface area contributed by atoms with E-state index in [2.05, 4.69) is 10.4 Å². The predicted molar refractivity (Wildman–Crippen MR) is 60.7 cm³/mol. The van der Waals surface area contributed by atoms with Crippen molar-refractivity contribution in [3.63, 3.8) is 0 Å². The lowest BCUT2D eigenvalue weighted by Gasteiger charge is -2.16. The van der Waals surface area contributed by atoms with Gasteiger partial charge in [-0.3, -0.25) is 4.68 Å². The fraction of sp³-hybridized carbons (Fsp3) is 0.727. The van der Waals surface area contributed by atoms with E-state index < -0.39 is 5.60 Å². The van der Waals surface area contributed by atoms with E-state index in [1.165, 1.54) is 5.69 Å². The van der Waals surface area contributed by atoms with Crippen molar-refractivity contribution >= 4 is 0 Å². The van der Waals surface area contributed by atoms with E-state index in [1.807, 2.05) is 37.8 Å². The lowest BCUT2D eigenvalue weighted by Crippen LogP contribution is -2.28. The number of nitrogens with one attached hydrogen (secondary N) is 1. The Balaban J connectivity index is 2.10. The minimum Gasteiger partial charge on any atom is -0.390 e. The molecule has 4 nitrogen and oxygen atoms in total. The number of hydrogen-bond acceptors (Lipinski definition) is 3. The topological polar surface area (TPSA) is 50.1 Å². The van der Waals surface area contributed by atoms with E-state index >= 15 is 0 Å². The van der Waals surface area contributed by atoms with Crippen LogP contribution in [0.1, 0.15) is 26.0 Å². The lowest BCUT2D eigenvalue weighted by molar-refractivity contribution is 0.0713. The highest BCUT2D eigenvalue weighted by atomic mass is 16.3. The van der Waals surface area contributed by atoms with Gasteiger partial charge < -0.3 is 10.4 Å². The van der Waals surface area contributed by atoms with Crippen LogP contribution in [0.3, 0.4) is 0 Å². The second-order valence-electron chi connectivity index (χ2n) is 4.51.